The lowest BCUT2D eigenvalue weighted by molar-refractivity contribution is -0.135. The van der Waals surface area contributed by atoms with Gasteiger partial charge in [-0.2, -0.15) is 0 Å². The number of carbonyl (C=O) groups excluding carboxylic acids is 4. The molecule has 1 saturated carbocycles. The molecule has 348 valence electrons. The van der Waals surface area contributed by atoms with Crippen molar-refractivity contribution in [3.63, 3.8) is 0 Å². The number of likely N-dealkylation sites (tertiary alicyclic amines) is 2. The first kappa shape index (κ1) is 46.3. The second kappa shape index (κ2) is 17.9. The lowest BCUT2D eigenvalue weighted by Gasteiger charge is -2.31. The fourth-order valence-corrected chi connectivity index (χ4v) is 11.8. The van der Waals surface area contributed by atoms with E-state index in [2.05, 4.69) is 80.9 Å². The molecule has 0 aromatic heterocycles. The van der Waals surface area contributed by atoms with Crippen molar-refractivity contribution < 1.29 is 28.7 Å². The Morgan fingerprint density at radius 3 is 1.54 bits per heavy atom. The van der Waals surface area contributed by atoms with E-state index < -0.39 is 24.3 Å². The molecule has 0 radical (unpaired) electrons. The van der Waals surface area contributed by atoms with Crippen molar-refractivity contribution in [2.24, 2.45) is 38.1 Å². The number of allylic oxidation sites excluding steroid dienone is 2. The number of benzene rings is 2. The number of nitrogens with zero attached hydrogens (tertiary/aromatic N) is 4. The third kappa shape index (κ3) is 9.28. The molecule has 12 heteroatoms. The quantitative estimate of drug-likeness (QED) is 0.230. The Kier molecular flexibility index (Phi) is 12.7. The van der Waals surface area contributed by atoms with Crippen LogP contribution in [0.4, 0.5) is 9.59 Å². The minimum Gasteiger partial charge on any atom is -0.453 e. The number of hydrogen-bond donors (Lipinski definition) is 2. The van der Waals surface area contributed by atoms with E-state index in [-0.39, 0.29) is 46.6 Å². The van der Waals surface area contributed by atoms with Crippen LogP contribution in [0.1, 0.15) is 129 Å². The summed E-state index contributed by atoms with van der Waals surface area (Å²) in [5, 5.41) is 5.57. The SMILES string of the molecule is COC(=O)N[C@H](C(=O)N1CC(C)(C)C[C@H]1C1=NC=C(c2ccc(-c3ccc(C4=CN=C([C@@H]5CC(C)(C)CN5C(=O)[C@@H](NC(=O)OC)C(C)C)C4)c4c3CC3(CCCC3)C4)cc2)C1)C(C)C. The number of nitrogens with one attached hydrogen (secondary N) is 2. The summed E-state index contributed by atoms with van der Waals surface area (Å²) in [6, 6.07) is 11.9. The maximum absolute atomic E-state index is 14.2. The first-order chi connectivity index (χ1) is 30.8. The van der Waals surface area contributed by atoms with Gasteiger partial charge in [-0.15, -0.1) is 0 Å². The van der Waals surface area contributed by atoms with Crippen molar-refractivity contribution in [3.8, 4) is 11.1 Å². The maximum atomic E-state index is 14.2. The third-order valence-electron chi connectivity index (χ3n) is 15.2. The molecule has 0 unspecified atom stereocenters. The van der Waals surface area contributed by atoms with Crippen molar-refractivity contribution in [1.82, 2.24) is 20.4 Å². The molecule has 4 heterocycles. The molecule has 2 aromatic carbocycles. The van der Waals surface area contributed by atoms with Crippen LogP contribution in [-0.2, 0) is 31.9 Å². The number of amides is 4. The van der Waals surface area contributed by atoms with Crippen LogP contribution >= 0.6 is 0 Å². The molecule has 0 bridgehead atoms. The highest BCUT2D eigenvalue weighted by Crippen LogP contribution is 2.53. The van der Waals surface area contributed by atoms with E-state index in [0.717, 1.165) is 48.2 Å². The number of rotatable bonds is 11. The number of ether oxygens (including phenoxy) is 2. The van der Waals surface area contributed by atoms with E-state index in [1.54, 1.807) is 0 Å². The van der Waals surface area contributed by atoms with Crippen molar-refractivity contribution >= 4 is 46.6 Å². The van der Waals surface area contributed by atoms with Gasteiger partial charge in [0.2, 0.25) is 11.8 Å². The van der Waals surface area contributed by atoms with Gasteiger partial charge in [0.1, 0.15) is 12.1 Å². The molecule has 1 spiro atoms. The molecule has 8 rings (SSSR count). The molecule has 3 fully saturated rings. The second-order valence-corrected chi connectivity index (χ2v) is 22.1. The van der Waals surface area contributed by atoms with Crippen LogP contribution in [-0.4, -0.2) is 96.7 Å². The van der Waals surface area contributed by atoms with Gasteiger partial charge in [0.15, 0.2) is 0 Å². The Hall–Kier alpha value is -5.26. The van der Waals surface area contributed by atoms with Crippen LogP contribution in [0.25, 0.3) is 22.3 Å². The first-order valence-corrected chi connectivity index (χ1v) is 23.9. The highest BCUT2D eigenvalue weighted by atomic mass is 16.5. The monoisotopic (exact) mass is 887 g/mol. The zero-order valence-corrected chi connectivity index (χ0v) is 40.3. The fourth-order valence-electron chi connectivity index (χ4n) is 11.8. The third-order valence-corrected chi connectivity index (χ3v) is 15.2. The molecule has 4 aliphatic heterocycles. The van der Waals surface area contributed by atoms with Gasteiger partial charge < -0.3 is 29.9 Å². The van der Waals surface area contributed by atoms with Crippen molar-refractivity contribution in [3.05, 3.63) is 71.1 Å². The zero-order chi connectivity index (χ0) is 46.6. The standard InChI is InChI=1S/C53H70N6O6/c1-31(2)45(56-49(62)64-9)47(60)58-29-51(5,6)25-43(58)41-21-35(27-54-41)33-13-15-34(16-14-33)37-17-18-38(40-24-53(23-39(37)40)19-11-12-20-53)36-22-42(55-28-36)44-26-52(7,8)30-59(44)48(61)46(32(3)4)57-50(63)65-10/h13-18,27-28,31-32,43-46H,11-12,19-26,29-30H2,1-10H3,(H,56,62)(H,57,63)/t43-,44-,45-,46-/m0/s1. The van der Waals surface area contributed by atoms with E-state index in [1.807, 2.05) is 43.7 Å². The number of hydrogen-bond acceptors (Lipinski definition) is 8. The van der Waals surface area contributed by atoms with Crippen LogP contribution < -0.4 is 10.6 Å². The van der Waals surface area contributed by atoms with E-state index in [9.17, 15) is 19.2 Å². The van der Waals surface area contributed by atoms with Crippen LogP contribution in [0.3, 0.4) is 0 Å². The van der Waals surface area contributed by atoms with Crippen LogP contribution in [0.15, 0.2) is 58.8 Å². The number of carbonyl (C=O) groups is 4. The summed E-state index contributed by atoms with van der Waals surface area (Å²) in [6.45, 7) is 17.8. The van der Waals surface area contributed by atoms with Gasteiger partial charge in [-0.1, -0.05) is 105 Å². The number of alkyl carbamates (subject to hydrolysis) is 2. The van der Waals surface area contributed by atoms with Crippen molar-refractivity contribution in [2.45, 2.75) is 144 Å². The topological polar surface area (TPSA) is 142 Å². The fraction of sp³-hybridized carbons (Fsp3) is 0.585. The summed E-state index contributed by atoms with van der Waals surface area (Å²) in [7, 11) is 2.64. The van der Waals surface area contributed by atoms with Crippen molar-refractivity contribution in [1.29, 1.82) is 0 Å². The van der Waals surface area contributed by atoms with Crippen LogP contribution in [0, 0.1) is 28.1 Å². The predicted molar refractivity (Wildman–Crippen MR) is 256 cm³/mol. The van der Waals surface area contributed by atoms with Crippen molar-refractivity contribution in [2.75, 3.05) is 27.3 Å². The van der Waals surface area contributed by atoms with E-state index in [0.29, 0.717) is 31.3 Å². The highest BCUT2D eigenvalue weighted by molar-refractivity contribution is 6.05. The zero-order valence-electron chi connectivity index (χ0n) is 40.3. The molecule has 4 amide bonds. The number of aliphatic imine (C=N–C) groups is 2. The molecule has 12 nitrogen and oxygen atoms in total. The lowest BCUT2D eigenvalue weighted by Crippen LogP contribution is -2.53. The van der Waals surface area contributed by atoms with Gasteiger partial charge in [-0.3, -0.25) is 19.6 Å². The summed E-state index contributed by atoms with van der Waals surface area (Å²) < 4.78 is 9.74. The Bertz CT molecular complexity index is 2350. The van der Waals surface area contributed by atoms with Crippen LogP contribution in [0.2, 0.25) is 0 Å². The summed E-state index contributed by atoms with van der Waals surface area (Å²) in [4.78, 5) is 66.5. The van der Waals surface area contributed by atoms with Gasteiger partial charge in [-0.05, 0) is 111 Å². The lowest BCUT2D eigenvalue weighted by atomic mass is 9.82. The molecular formula is C53H70N6O6. The van der Waals surface area contributed by atoms with Gasteiger partial charge in [-0.25, -0.2) is 9.59 Å². The number of fused-ring (bicyclic) bond motifs is 1. The minimum absolute atomic E-state index is 0.0867. The van der Waals surface area contributed by atoms with Gasteiger partial charge >= 0.3 is 12.2 Å². The predicted octanol–water partition coefficient (Wildman–Crippen LogP) is 9.40. The normalized spacial score (nSPS) is 23.6. The van der Waals surface area contributed by atoms with E-state index >= 15 is 0 Å². The molecule has 4 atom stereocenters. The Balaban J connectivity index is 0.996. The molecular weight excluding hydrogens is 817 g/mol. The van der Waals surface area contributed by atoms with Gasteiger partial charge in [0, 0.05) is 49.8 Å². The molecule has 6 aliphatic rings. The summed E-state index contributed by atoms with van der Waals surface area (Å²) >= 11 is 0. The van der Waals surface area contributed by atoms with Crippen LogP contribution in [0.5, 0.6) is 0 Å². The largest absolute Gasteiger partial charge is 0.453 e. The molecule has 2 aromatic rings. The molecule has 2 aliphatic carbocycles. The van der Waals surface area contributed by atoms with E-state index in [1.165, 1.54) is 73.3 Å². The summed E-state index contributed by atoms with van der Waals surface area (Å²) in [5.74, 6) is -0.390. The minimum atomic E-state index is -0.685. The van der Waals surface area contributed by atoms with Gasteiger partial charge in [0.05, 0.1) is 26.3 Å². The number of methoxy groups -OCH3 is 2. The maximum Gasteiger partial charge on any atom is 0.407 e. The molecule has 2 saturated heterocycles. The Morgan fingerprint density at radius 1 is 0.631 bits per heavy atom. The molecule has 2 N–H and O–H groups in total. The molecule has 65 heavy (non-hydrogen) atoms. The average Bonchev–Trinajstić information content (AvgIpc) is 4.14. The second-order valence-electron chi connectivity index (χ2n) is 22.1. The van der Waals surface area contributed by atoms with E-state index in [4.69, 9.17) is 19.5 Å². The first-order valence-electron chi connectivity index (χ1n) is 23.9. The summed E-state index contributed by atoms with van der Waals surface area (Å²) in [6.07, 6.45) is 13.0. The Labute approximate surface area is 385 Å². The average molecular weight is 887 g/mol. The smallest absolute Gasteiger partial charge is 0.407 e. The Morgan fingerprint density at radius 2 is 1.06 bits per heavy atom. The highest BCUT2D eigenvalue weighted by Gasteiger charge is 2.48. The summed E-state index contributed by atoms with van der Waals surface area (Å²) in [5.41, 5.74) is 12.3. The van der Waals surface area contributed by atoms with Gasteiger partial charge in [0.25, 0.3) is 0 Å².